The van der Waals surface area contributed by atoms with Crippen LogP contribution in [0, 0.1) is 0 Å². The molecule has 0 aliphatic carbocycles. The summed E-state index contributed by atoms with van der Waals surface area (Å²) in [7, 11) is -2.10. The van der Waals surface area contributed by atoms with Crippen LogP contribution >= 0.6 is 0 Å². The number of carbonyl (C=O) groups excluding carboxylic acids is 1. The van der Waals surface area contributed by atoms with E-state index in [4.69, 9.17) is 10.0 Å². The zero-order valence-electron chi connectivity index (χ0n) is 9.36. The lowest BCUT2D eigenvalue weighted by atomic mass is 9.78. The van der Waals surface area contributed by atoms with Gasteiger partial charge in [0.05, 0.1) is 17.7 Å². The van der Waals surface area contributed by atoms with Gasteiger partial charge in [0.2, 0.25) is 0 Å². The van der Waals surface area contributed by atoms with E-state index < -0.39 is 30.3 Å². The van der Waals surface area contributed by atoms with Crippen molar-refractivity contribution in [3.63, 3.8) is 0 Å². The fourth-order valence-electron chi connectivity index (χ4n) is 1.30. The summed E-state index contributed by atoms with van der Waals surface area (Å²) in [5.74, 6) is -0.953. The SMILES string of the molecule is CCOC(=O)c1cc(B(O)O)cc(C(F)(F)F)c1. The molecule has 4 nitrogen and oxygen atoms in total. The van der Waals surface area contributed by atoms with Crippen LogP contribution in [0.1, 0.15) is 22.8 Å². The molecule has 0 aliphatic rings. The first-order valence-electron chi connectivity index (χ1n) is 5.01. The fourth-order valence-corrected chi connectivity index (χ4v) is 1.30. The molecule has 18 heavy (non-hydrogen) atoms. The van der Waals surface area contributed by atoms with Gasteiger partial charge in [-0.15, -0.1) is 0 Å². The Balaban J connectivity index is 3.27. The molecule has 0 spiro atoms. The predicted octanol–water partition coefficient (Wildman–Crippen LogP) is 0.562. The van der Waals surface area contributed by atoms with Gasteiger partial charge in [0.25, 0.3) is 0 Å². The zero-order valence-corrected chi connectivity index (χ0v) is 9.36. The molecule has 0 amide bonds. The minimum atomic E-state index is -4.69. The maximum atomic E-state index is 12.5. The predicted molar refractivity (Wildman–Crippen MR) is 57.2 cm³/mol. The van der Waals surface area contributed by atoms with Crippen LogP contribution in [0.4, 0.5) is 13.2 Å². The molecule has 0 aromatic heterocycles. The van der Waals surface area contributed by atoms with Crippen molar-refractivity contribution in [2.75, 3.05) is 6.61 Å². The van der Waals surface area contributed by atoms with Crippen molar-refractivity contribution >= 4 is 18.6 Å². The Morgan fingerprint density at radius 1 is 1.33 bits per heavy atom. The van der Waals surface area contributed by atoms with E-state index in [0.29, 0.717) is 12.1 Å². The number of esters is 1. The number of ether oxygens (including phenoxy) is 1. The van der Waals surface area contributed by atoms with E-state index in [9.17, 15) is 18.0 Å². The van der Waals surface area contributed by atoms with Gasteiger partial charge in [-0.05, 0) is 24.5 Å². The second-order valence-electron chi connectivity index (χ2n) is 3.44. The molecule has 0 aliphatic heterocycles. The quantitative estimate of drug-likeness (QED) is 0.617. The van der Waals surface area contributed by atoms with Gasteiger partial charge in [-0.2, -0.15) is 13.2 Å². The van der Waals surface area contributed by atoms with Crippen molar-refractivity contribution in [3.8, 4) is 0 Å². The highest BCUT2D eigenvalue weighted by atomic mass is 19.4. The van der Waals surface area contributed by atoms with E-state index in [2.05, 4.69) is 4.74 Å². The number of benzene rings is 1. The third-order valence-electron chi connectivity index (χ3n) is 2.09. The molecule has 0 saturated heterocycles. The van der Waals surface area contributed by atoms with Crippen molar-refractivity contribution in [2.45, 2.75) is 13.1 Å². The minimum absolute atomic E-state index is 0.00604. The Bertz CT molecular complexity index is 445. The lowest BCUT2D eigenvalue weighted by Crippen LogP contribution is -2.32. The number of carbonyl (C=O) groups is 1. The summed E-state index contributed by atoms with van der Waals surface area (Å²) in [6.07, 6.45) is -4.69. The number of rotatable bonds is 3. The highest BCUT2D eigenvalue weighted by molar-refractivity contribution is 6.58. The van der Waals surface area contributed by atoms with Crippen LogP contribution in [-0.2, 0) is 10.9 Å². The Kier molecular flexibility index (Phi) is 4.36. The monoisotopic (exact) mass is 262 g/mol. The lowest BCUT2D eigenvalue weighted by Gasteiger charge is -2.11. The van der Waals surface area contributed by atoms with Crippen molar-refractivity contribution in [2.24, 2.45) is 0 Å². The molecule has 1 rings (SSSR count). The van der Waals surface area contributed by atoms with Crippen LogP contribution in [-0.4, -0.2) is 29.7 Å². The van der Waals surface area contributed by atoms with Crippen LogP contribution in [0.2, 0.25) is 0 Å². The highest BCUT2D eigenvalue weighted by Gasteiger charge is 2.33. The third kappa shape index (κ3) is 3.48. The summed E-state index contributed by atoms with van der Waals surface area (Å²) in [6, 6.07) is 2.11. The van der Waals surface area contributed by atoms with Gasteiger partial charge in [-0.25, -0.2) is 4.79 Å². The smallest absolute Gasteiger partial charge is 0.462 e. The molecule has 0 heterocycles. The number of hydrogen-bond donors (Lipinski definition) is 2. The largest absolute Gasteiger partial charge is 0.488 e. The van der Waals surface area contributed by atoms with E-state index >= 15 is 0 Å². The summed E-state index contributed by atoms with van der Waals surface area (Å²) in [6.45, 7) is 1.51. The van der Waals surface area contributed by atoms with Crippen molar-refractivity contribution < 1.29 is 32.8 Å². The van der Waals surface area contributed by atoms with Gasteiger partial charge >= 0.3 is 19.3 Å². The molecule has 0 atom stereocenters. The van der Waals surface area contributed by atoms with E-state index in [0.717, 1.165) is 6.07 Å². The van der Waals surface area contributed by atoms with Crippen molar-refractivity contribution in [1.29, 1.82) is 0 Å². The lowest BCUT2D eigenvalue weighted by molar-refractivity contribution is -0.137. The molecular weight excluding hydrogens is 252 g/mol. The molecular formula is C10H10BF3O4. The van der Waals surface area contributed by atoms with Gasteiger partial charge in [-0.1, -0.05) is 6.07 Å². The first-order valence-corrected chi connectivity index (χ1v) is 5.01. The van der Waals surface area contributed by atoms with Gasteiger partial charge in [0.1, 0.15) is 0 Å². The molecule has 0 radical (unpaired) electrons. The zero-order chi connectivity index (χ0) is 13.9. The fraction of sp³-hybridized carbons (Fsp3) is 0.300. The number of hydrogen-bond acceptors (Lipinski definition) is 4. The van der Waals surface area contributed by atoms with Gasteiger partial charge < -0.3 is 14.8 Å². The van der Waals surface area contributed by atoms with Crippen LogP contribution in [0.5, 0.6) is 0 Å². The molecule has 0 fully saturated rings. The van der Waals surface area contributed by atoms with E-state index in [1.54, 1.807) is 0 Å². The van der Waals surface area contributed by atoms with E-state index in [1.807, 2.05) is 0 Å². The summed E-state index contributed by atoms with van der Waals surface area (Å²) in [4.78, 5) is 11.3. The highest BCUT2D eigenvalue weighted by Crippen LogP contribution is 2.29. The van der Waals surface area contributed by atoms with Crippen LogP contribution in [0.3, 0.4) is 0 Å². The summed E-state index contributed by atoms with van der Waals surface area (Å²) in [5, 5.41) is 17.8. The summed E-state index contributed by atoms with van der Waals surface area (Å²) in [5.41, 5.74) is -1.95. The van der Waals surface area contributed by atoms with Gasteiger partial charge in [0.15, 0.2) is 0 Å². The Labute approximate surface area is 101 Å². The maximum Gasteiger partial charge on any atom is 0.488 e. The normalized spacial score (nSPS) is 11.2. The Morgan fingerprint density at radius 3 is 2.39 bits per heavy atom. The average molecular weight is 262 g/mol. The maximum absolute atomic E-state index is 12.5. The second-order valence-corrected chi connectivity index (χ2v) is 3.44. The van der Waals surface area contributed by atoms with Crippen LogP contribution in [0.15, 0.2) is 18.2 Å². The molecule has 98 valence electrons. The molecule has 0 bridgehead atoms. The molecule has 1 aromatic carbocycles. The number of halogens is 3. The van der Waals surface area contributed by atoms with Gasteiger partial charge in [0, 0.05) is 0 Å². The van der Waals surface area contributed by atoms with Crippen LogP contribution in [0.25, 0.3) is 0 Å². The first kappa shape index (κ1) is 14.5. The minimum Gasteiger partial charge on any atom is -0.462 e. The molecule has 8 heteroatoms. The molecule has 2 N–H and O–H groups in total. The second kappa shape index (κ2) is 5.41. The summed E-state index contributed by atoms with van der Waals surface area (Å²) >= 11 is 0. The van der Waals surface area contributed by atoms with Crippen molar-refractivity contribution in [1.82, 2.24) is 0 Å². The Hall–Kier alpha value is -1.54. The van der Waals surface area contributed by atoms with E-state index in [-0.39, 0.29) is 12.2 Å². The third-order valence-corrected chi connectivity index (χ3v) is 2.09. The first-order chi connectivity index (χ1) is 8.25. The average Bonchev–Trinajstić information content (AvgIpc) is 2.27. The Morgan fingerprint density at radius 2 is 1.94 bits per heavy atom. The molecule has 0 saturated carbocycles. The number of alkyl halides is 3. The van der Waals surface area contributed by atoms with Crippen LogP contribution < -0.4 is 5.46 Å². The van der Waals surface area contributed by atoms with Crippen molar-refractivity contribution in [3.05, 3.63) is 29.3 Å². The molecule has 0 unspecified atom stereocenters. The van der Waals surface area contributed by atoms with E-state index in [1.165, 1.54) is 6.92 Å². The topological polar surface area (TPSA) is 66.8 Å². The standard InChI is InChI=1S/C10H10BF3O4/c1-2-18-9(15)6-3-7(10(12,13)14)5-8(4-6)11(16)17/h3-5,16-17H,2H2,1H3. The summed E-state index contributed by atoms with van der Waals surface area (Å²) < 4.78 is 42.2. The molecule has 1 aromatic rings. The van der Waals surface area contributed by atoms with Gasteiger partial charge in [-0.3, -0.25) is 0 Å².